The van der Waals surface area contributed by atoms with E-state index in [2.05, 4.69) is 19.9 Å². The maximum absolute atomic E-state index is 10.7. The van der Waals surface area contributed by atoms with Gasteiger partial charge in [-0.05, 0) is 50.2 Å². The summed E-state index contributed by atoms with van der Waals surface area (Å²) in [6.07, 6.45) is 14.8. The van der Waals surface area contributed by atoms with E-state index in [1.807, 2.05) is 6.07 Å². The van der Waals surface area contributed by atoms with E-state index in [-0.39, 0.29) is 12.2 Å². The van der Waals surface area contributed by atoms with Gasteiger partial charge in [-0.3, -0.25) is 0 Å². The van der Waals surface area contributed by atoms with Gasteiger partial charge in [-0.1, -0.05) is 64.5 Å². The summed E-state index contributed by atoms with van der Waals surface area (Å²) in [4.78, 5) is 0. The van der Waals surface area contributed by atoms with Crippen molar-refractivity contribution in [3.8, 4) is 5.75 Å². The van der Waals surface area contributed by atoms with Gasteiger partial charge in [0.1, 0.15) is 5.75 Å². The fourth-order valence-electron chi connectivity index (χ4n) is 4.83. The summed E-state index contributed by atoms with van der Waals surface area (Å²) in [6, 6.07) is 5.90. The van der Waals surface area contributed by atoms with Crippen LogP contribution in [-0.4, -0.2) is 17.3 Å². The summed E-state index contributed by atoms with van der Waals surface area (Å²) in [6.45, 7) is 4.34. The maximum Gasteiger partial charge on any atom is 0.121 e. The smallest absolute Gasteiger partial charge is 0.121 e. The number of phenolic OH excluding ortho intramolecular Hbond substituents is 1. The Balaban J connectivity index is 1.80. The van der Waals surface area contributed by atoms with Gasteiger partial charge < -0.3 is 14.6 Å². The lowest BCUT2D eigenvalue weighted by atomic mass is 9.92. The number of benzene rings is 1. The van der Waals surface area contributed by atoms with Crippen LogP contribution >= 0.6 is 0 Å². The minimum atomic E-state index is -0.0479. The van der Waals surface area contributed by atoms with E-state index in [9.17, 15) is 5.11 Å². The minimum Gasteiger partial charge on any atom is -0.508 e. The van der Waals surface area contributed by atoms with E-state index in [1.54, 1.807) is 6.07 Å². The van der Waals surface area contributed by atoms with Crippen LogP contribution in [0.2, 0.25) is 0 Å². The van der Waals surface area contributed by atoms with E-state index >= 15 is 0 Å². The molecule has 1 N–H and O–H groups in total. The molecule has 3 rings (SSSR count). The first kappa shape index (κ1) is 20.7. The van der Waals surface area contributed by atoms with Gasteiger partial charge in [0.15, 0.2) is 0 Å². The first-order chi connectivity index (χ1) is 13.2. The molecule has 2 unspecified atom stereocenters. The van der Waals surface area contributed by atoms with Crippen LogP contribution in [0.15, 0.2) is 18.2 Å². The number of hydrogen-bond acceptors (Lipinski definition) is 3. The molecule has 152 valence electrons. The lowest BCUT2D eigenvalue weighted by Gasteiger charge is -2.32. The number of rotatable bonds is 8. The molecule has 1 aromatic carbocycles. The monoisotopic (exact) mass is 374 g/mol. The summed E-state index contributed by atoms with van der Waals surface area (Å²) < 4.78 is 13.1. The lowest BCUT2D eigenvalue weighted by molar-refractivity contribution is -0.0458. The molecule has 0 spiro atoms. The van der Waals surface area contributed by atoms with Crippen LogP contribution in [-0.2, 0) is 9.47 Å². The molecule has 2 fully saturated rings. The summed E-state index contributed by atoms with van der Waals surface area (Å²) in [5.74, 6) is 0.362. The summed E-state index contributed by atoms with van der Waals surface area (Å²) >= 11 is 0. The normalized spacial score (nSPS) is 21.9. The molecule has 0 radical (unpaired) electrons. The molecule has 2 aliphatic rings. The minimum absolute atomic E-state index is 0.0409. The highest BCUT2D eigenvalue weighted by molar-refractivity contribution is 5.42. The van der Waals surface area contributed by atoms with Crippen molar-refractivity contribution in [2.45, 2.75) is 115 Å². The van der Waals surface area contributed by atoms with Crippen molar-refractivity contribution in [1.29, 1.82) is 0 Å². The second-order valence-corrected chi connectivity index (χ2v) is 8.37. The third-order valence-corrected chi connectivity index (χ3v) is 6.35. The van der Waals surface area contributed by atoms with Crippen LogP contribution in [0.5, 0.6) is 5.75 Å². The van der Waals surface area contributed by atoms with Crippen LogP contribution < -0.4 is 0 Å². The predicted molar refractivity (Wildman–Crippen MR) is 110 cm³/mol. The van der Waals surface area contributed by atoms with E-state index in [1.165, 1.54) is 51.4 Å². The second kappa shape index (κ2) is 10.5. The third kappa shape index (κ3) is 5.48. The zero-order valence-electron chi connectivity index (χ0n) is 17.3. The number of hydrogen-bond donors (Lipinski definition) is 1. The number of ether oxygens (including phenoxy) is 2. The van der Waals surface area contributed by atoms with E-state index in [0.29, 0.717) is 18.0 Å². The molecule has 1 aromatic rings. The largest absolute Gasteiger partial charge is 0.508 e. The molecule has 0 heterocycles. The number of phenols is 1. The van der Waals surface area contributed by atoms with Crippen LogP contribution in [0.3, 0.4) is 0 Å². The van der Waals surface area contributed by atoms with Crippen LogP contribution in [0.4, 0.5) is 0 Å². The van der Waals surface area contributed by atoms with E-state index in [4.69, 9.17) is 9.47 Å². The van der Waals surface area contributed by atoms with Gasteiger partial charge in [0.05, 0.1) is 24.4 Å². The van der Waals surface area contributed by atoms with Gasteiger partial charge in [0.25, 0.3) is 0 Å². The molecule has 2 saturated carbocycles. The standard InChI is InChI=1S/C24H38O3/c1-3-22(26-18-12-7-5-8-13-18)20-16-11-17-21(25)24(20)23(4-2)27-19-14-9-6-10-15-19/h11,16-19,22-23,25H,3-10,12-15H2,1-2H3. The highest BCUT2D eigenvalue weighted by Gasteiger charge is 2.28. The van der Waals surface area contributed by atoms with Gasteiger partial charge in [0, 0.05) is 5.56 Å². The molecule has 27 heavy (non-hydrogen) atoms. The molecule has 3 heteroatoms. The Bertz CT molecular complexity index is 559. The van der Waals surface area contributed by atoms with Crippen LogP contribution in [0.1, 0.15) is 114 Å². The van der Waals surface area contributed by atoms with Crippen LogP contribution in [0.25, 0.3) is 0 Å². The maximum atomic E-state index is 10.7. The fourth-order valence-corrected chi connectivity index (χ4v) is 4.83. The van der Waals surface area contributed by atoms with Gasteiger partial charge >= 0.3 is 0 Å². The highest BCUT2D eigenvalue weighted by atomic mass is 16.5. The Hall–Kier alpha value is -1.06. The average Bonchev–Trinajstić information content (AvgIpc) is 2.72. The van der Waals surface area contributed by atoms with Gasteiger partial charge in [-0.25, -0.2) is 0 Å². The molecular formula is C24H38O3. The van der Waals surface area contributed by atoms with Crippen LogP contribution in [0, 0.1) is 0 Å². The molecule has 2 aliphatic carbocycles. The Kier molecular flexibility index (Phi) is 8.02. The first-order valence-corrected chi connectivity index (χ1v) is 11.4. The zero-order valence-corrected chi connectivity index (χ0v) is 17.3. The zero-order chi connectivity index (χ0) is 19.1. The molecule has 3 nitrogen and oxygen atoms in total. The van der Waals surface area contributed by atoms with Gasteiger partial charge in [0.2, 0.25) is 0 Å². The van der Waals surface area contributed by atoms with Crippen molar-refractivity contribution in [2.24, 2.45) is 0 Å². The molecule has 0 saturated heterocycles. The third-order valence-electron chi connectivity index (χ3n) is 6.35. The van der Waals surface area contributed by atoms with Gasteiger partial charge in [-0.15, -0.1) is 0 Å². The van der Waals surface area contributed by atoms with Crippen molar-refractivity contribution >= 4 is 0 Å². The van der Waals surface area contributed by atoms with Crippen molar-refractivity contribution in [3.05, 3.63) is 29.3 Å². The van der Waals surface area contributed by atoms with Crippen molar-refractivity contribution in [1.82, 2.24) is 0 Å². The Morgan fingerprint density at radius 1 is 0.815 bits per heavy atom. The Morgan fingerprint density at radius 2 is 1.33 bits per heavy atom. The first-order valence-electron chi connectivity index (χ1n) is 11.4. The summed E-state index contributed by atoms with van der Waals surface area (Å²) in [5, 5.41) is 10.7. The highest BCUT2D eigenvalue weighted by Crippen LogP contribution is 2.40. The van der Waals surface area contributed by atoms with Crippen molar-refractivity contribution < 1.29 is 14.6 Å². The summed E-state index contributed by atoms with van der Waals surface area (Å²) in [5.41, 5.74) is 2.10. The van der Waals surface area contributed by atoms with E-state index < -0.39 is 0 Å². The number of aromatic hydroxyl groups is 1. The molecule has 2 atom stereocenters. The quantitative estimate of drug-likeness (QED) is 0.533. The van der Waals surface area contributed by atoms with Gasteiger partial charge in [-0.2, -0.15) is 0 Å². The lowest BCUT2D eigenvalue weighted by Crippen LogP contribution is -2.23. The SMILES string of the molecule is CCC(OC1CCCCC1)c1cccc(O)c1C(CC)OC1CCCCC1. The van der Waals surface area contributed by atoms with Crippen molar-refractivity contribution in [2.75, 3.05) is 0 Å². The second-order valence-electron chi connectivity index (χ2n) is 8.37. The molecule has 0 bridgehead atoms. The Labute approximate surface area is 165 Å². The molecule has 0 aromatic heterocycles. The Morgan fingerprint density at radius 3 is 1.85 bits per heavy atom. The molecule has 0 amide bonds. The summed E-state index contributed by atoms with van der Waals surface area (Å²) in [7, 11) is 0. The topological polar surface area (TPSA) is 38.7 Å². The fraction of sp³-hybridized carbons (Fsp3) is 0.750. The van der Waals surface area contributed by atoms with E-state index in [0.717, 1.165) is 36.8 Å². The molecule has 0 aliphatic heterocycles. The predicted octanol–water partition coefficient (Wildman–Crippen LogP) is 6.99. The van der Waals surface area contributed by atoms with Crippen molar-refractivity contribution in [3.63, 3.8) is 0 Å². The molecular weight excluding hydrogens is 336 g/mol. The average molecular weight is 375 g/mol.